The lowest BCUT2D eigenvalue weighted by atomic mass is 10.1. The van der Waals surface area contributed by atoms with E-state index in [1.54, 1.807) is 0 Å². The molecule has 1 aliphatic rings. The number of aromatic nitrogens is 2. The standard InChI is InChI=1S/C15H18N4O.2ClH/c20-15(17-10-12-4-6-16-7-5-12)9-13-11-19-8-2-1-3-14(19)18-13;;/h1-4,8,11,16H,5-7,9-10H2,(H,17,20);2*1H. The number of nitrogens with zero attached hydrogens (tertiary/aromatic N) is 2. The van der Waals surface area contributed by atoms with Gasteiger partial charge in [0.15, 0.2) is 0 Å². The maximum absolute atomic E-state index is 11.9. The van der Waals surface area contributed by atoms with Gasteiger partial charge in [-0.3, -0.25) is 4.79 Å². The first kappa shape index (κ1) is 18.5. The summed E-state index contributed by atoms with van der Waals surface area (Å²) < 4.78 is 1.93. The Bertz CT molecular complexity index is 621. The van der Waals surface area contributed by atoms with Crippen LogP contribution in [-0.2, 0) is 11.2 Å². The summed E-state index contributed by atoms with van der Waals surface area (Å²) in [5.74, 6) is 0.0211. The number of amides is 1. The Morgan fingerprint density at radius 1 is 1.36 bits per heavy atom. The zero-order valence-corrected chi connectivity index (χ0v) is 13.8. The summed E-state index contributed by atoms with van der Waals surface area (Å²) in [6, 6.07) is 5.82. The Kier molecular flexibility index (Phi) is 7.38. The number of imidazole rings is 1. The Hall–Kier alpha value is -1.56. The molecule has 0 atom stereocenters. The summed E-state index contributed by atoms with van der Waals surface area (Å²) in [4.78, 5) is 16.4. The molecule has 3 heterocycles. The third-order valence-electron chi connectivity index (χ3n) is 3.43. The van der Waals surface area contributed by atoms with E-state index < -0.39 is 0 Å². The summed E-state index contributed by atoms with van der Waals surface area (Å²) >= 11 is 0. The minimum atomic E-state index is 0. The summed E-state index contributed by atoms with van der Waals surface area (Å²) in [5, 5.41) is 6.22. The molecule has 0 spiro atoms. The van der Waals surface area contributed by atoms with Crippen molar-refractivity contribution in [2.75, 3.05) is 19.6 Å². The average Bonchev–Trinajstić information content (AvgIpc) is 2.88. The fourth-order valence-electron chi connectivity index (χ4n) is 2.34. The highest BCUT2D eigenvalue weighted by Gasteiger charge is 2.09. The van der Waals surface area contributed by atoms with Crippen molar-refractivity contribution >= 4 is 36.4 Å². The lowest BCUT2D eigenvalue weighted by molar-refractivity contribution is -0.120. The number of fused-ring (bicyclic) bond motifs is 1. The second-order valence-corrected chi connectivity index (χ2v) is 4.97. The first-order valence-electron chi connectivity index (χ1n) is 6.89. The zero-order chi connectivity index (χ0) is 13.8. The molecule has 2 N–H and O–H groups in total. The summed E-state index contributed by atoms with van der Waals surface area (Å²) in [6.07, 6.45) is 7.32. The maximum Gasteiger partial charge on any atom is 0.226 e. The number of rotatable bonds is 4. The molecule has 0 fully saturated rings. The van der Waals surface area contributed by atoms with Gasteiger partial charge in [0.25, 0.3) is 0 Å². The predicted molar refractivity (Wildman–Crippen MR) is 92.0 cm³/mol. The summed E-state index contributed by atoms with van der Waals surface area (Å²) in [5.41, 5.74) is 2.97. The number of carbonyl (C=O) groups is 1. The van der Waals surface area contributed by atoms with Crippen LogP contribution in [0.2, 0.25) is 0 Å². The van der Waals surface area contributed by atoms with Gasteiger partial charge < -0.3 is 15.0 Å². The van der Waals surface area contributed by atoms with Crippen LogP contribution >= 0.6 is 24.8 Å². The van der Waals surface area contributed by atoms with Crippen LogP contribution in [0, 0.1) is 0 Å². The monoisotopic (exact) mass is 342 g/mol. The second-order valence-electron chi connectivity index (χ2n) is 4.97. The van der Waals surface area contributed by atoms with Crippen molar-refractivity contribution in [1.29, 1.82) is 0 Å². The number of nitrogens with one attached hydrogen (secondary N) is 2. The number of carbonyl (C=O) groups excluding carboxylic acids is 1. The Balaban J connectivity index is 0.00000121. The third-order valence-corrected chi connectivity index (χ3v) is 3.43. The number of halogens is 2. The molecule has 0 radical (unpaired) electrons. The fourth-order valence-corrected chi connectivity index (χ4v) is 2.34. The van der Waals surface area contributed by atoms with Gasteiger partial charge in [0.2, 0.25) is 5.91 Å². The molecule has 3 rings (SSSR count). The van der Waals surface area contributed by atoms with Crippen LogP contribution in [-0.4, -0.2) is 34.9 Å². The molecule has 0 saturated carbocycles. The van der Waals surface area contributed by atoms with E-state index in [4.69, 9.17) is 0 Å². The van der Waals surface area contributed by atoms with Gasteiger partial charge in [0.1, 0.15) is 5.65 Å². The van der Waals surface area contributed by atoms with E-state index in [2.05, 4.69) is 21.7 Å². The summed E-state index contributed by atoms with van der Waals surface area (Å²) in [7, 11) is 0. The molecule has 7 heteroatoms. The normalized spacial score (nSPS) is 13.7. The van der Waals surface area contributed by atoms with Crippen molar-refractivity contribution in [3.63, 3.8) is 0 Å². The van der Waals surface area contributed by atoms with E-state index in [1.807, 2.05) is 35.0 Å². The fraction of sp³-hybridized carbons (Fsp3) is 0.333. The Morgan fingerprint density at radius 3 is 2.95 bits per heavy atom. The van der Waals surface area contributed by atoms with Crippen LogP contribution in [0.25, 0.3) is 5.65 Å². The molecule has 0 saturated heterocycles. The average molecular weight is 343 g/mol. The molecule has 2 aromatic rings. The maximum atomic E-state index is 11.9. The van der Waals surface area contributed by atoms with Gasteiger partial charge in [-0.25, -0.2) is 4.98 Å². The minimum Gasteiger partial charge on any atom is -0.352 e. The van der Waals surface area contributed by atoms with Crippen molar-refractivity contribution in [2.24, 2.45) is 0 Å². The molecule has 1 aliphatic heterocycles. The van der Waals surface area contributed by atoms with Crippen molar-refractivity contribution in [3.05, 3.63) is 47.9 Å². The van der Waals surface area contributed by atoms with Crippen LogP contribution in [0.5, 0.6) is 0 Å². The molecule has 120 valence electrons. The highest BCUT2D eigenvalue weighted by atomic mass is 35.5. The van der Waals surface area contributed by atoms with Crippen LogP contribution in [0.3, 0.4) is 0 Å². The van der Waals surface area contributed by atoms with Gasteiger partial charge in [0.05, 0.1) is 12.1 Å². The summed E-state index contributed by atoms with van der Waals surface area (Å²) in [6.45, 7) is 2.54. The van der Waals surface area contributed by atoms with Crippen LogP contribution in [0.4, 0.5) is 0 Å². The van der Waals surface area contributed by atoms with Crippen LogP contribution in [0.15, 0.2) is 42.2 Å². The molecule has 0 aliphatic carbocycles. The van der Waals surface area contributed by atoms with Crippen molar-refractivity contribution in [2.45, 2.75) is 12.8 Å². The number of pyridine rings is 1. The van der Waals surface area contributed by atoms with E-state index in [-0.39, 0.29) is 30.7 Å². The smallest absolute Gasteiger partial charge is 0.226 e. The van der Waals surface area contributed by atoms with Gasteiger partial charge in [-0.15, -0.1) is 24.8 Å². The van der Waals surface area contributed by atoms with E-state index in [0.717, 1.165) is 30.9 Å². The highest BCUT2D eigenvalue weighted by molar-refractivity contribution is 5.85. The quantitative estimate of drug-likeness (QED) is 0.832. The lowest BCUT2D eigenvalue weighted by Crippen LogP contribution is -2.30. The topological polar surface area (TPSA) is 58.4 Å². The van der Waals surface area contributed by atoms with Gasteiger partial charge in [-0.1, -0.05) is 17.7 Å². The van der Waals surface area contributed by atoms with E-state index in [9.17, 15) is 4.79 Å². The molecule has 2 aromatic heterocycles. The van der Waals surface area contributed by atoms with E-state index in [0.29, 0.717) is 13.0 Å². The second kappa shape index (κ2) is 8.78. The van der Waals surface area contributed by atoms with E-state index in [1.165, 1.54) is 5.57 Å². The van der Waals surface area contributed by atoms with Crippen LogP contribution in [0.1, 0.15) is 12.1 Å². The molecular formula is C15H20Cl2N4O. The molecule has 5 nitrogen and oxygen atoms in total. The van der Waals surface area contributed by atoms with Crippen molar-refractivity contribution < 1.29 is 4.79 Å². The first-order valence-corrected chi connectivity index (χ1v) is 6.89. The molecule has 22 heavy (non-hydrogen) atoms. The van der Waals surface area contributed by atoms with Crippen molar-refractivity contribution in [1.82, 2.24) is 20.0 Å². The minimum absolute atomic E-state index is 0. The van der Waals surface area contributed by atoms with Gasteiger partial charge in [-0.05, 0) is 25.1 Å². The van der Waals surface area contributed by atoms with Gasteiger partial charge >= 0.3 is 0 Å². The SMILES string of the molecule is Cl.Cl.O=C(Cc1cn2ccccc2n1)NCC1=CCNCC1. The number of hydrogen-bond donors (Lipinski definition) is 2. The predicted octanol–water partition coefficient (Wildman–Crippen LogP) is 1.76. The largest absolute Gasteiger partial charge is 0.352 e. The van der Waals surface area contributed by atoms with Crippen LogP contribution < -0.4 is 10.6 Å². The zero-order valence-electron chi connectivity index (χ0n) is 12.1. The lowest BCUT2D eigenvalue weighted by Gasteiger charge is -2.14. The highest BCUT2D eigenvalue weighted by Crippen LogP contribution is 2.06. The van der Waals surface area contributed by atoms with Gasteiger partial charge in [-0.2, -0.15) is 0 Å². The molecule has 1 amide bonds. The first-order chi connectivity index (χ1) is 9.81. The molecule has 0 bridgehead atoms. The molecule has 0 unspecified atom stereocenters. The molecule has 0 aromatic carbocycles. The number of hydrogen-bond acceptors (Lipinski definition) is 3. The molecular weight excluding hydrogens is 323 g/mol. The van der Waals surface area contributed by atoms with E-state index >= 15 is 0 Å². The Labute approximate surface area is 142 Å². The van der Waals surface area contributed by atoms with Gasteiger partial charge in [0, 0.05) is 25.5 Å². The van der Waals surface area contributed by atoms with Crippen molar-refractivity contribution in [3.8, 4) is 0 Å². The Morgan fingerprint density at radius 2 is 2.23 bits per heavy atom. The third kappa shape index (κ3) is 4.73.